The Morgan fingerprint density at radius 1 is 1.47 bits per heavy atom. The zero-order chi connectivity index (χ0) is 10.7. The Balaban J connectivity index is 0.00000128. The molecule has 1 aliphatic heterocycles. The molecule has 0 unspecified atom stereocenters. The van der Waals surface area contributed by atoms with Crippen LogP contribution in [0.5, 0.6) is 0 Å². The van der Waals surface area contributed by atoms with Crippen LogP contribution < -0.4 is 10.6 Å². The van der Waals surface area contributed by atoms with Gasteiger partial charge in [0.2, 0.25) is 0 Å². The third-order valence-electron chi connectivity index (χ3n) is 2.79. The van der Waals surface area contributed by atoms with Crippen LogP contribution in [0.15, 0.2) is 10.9 Å². The molecular formula is C10H17Cl2N3OS. The summed E-state index contributed by atoms with van der Waals surface area (Å²) in [5.74, 6) is -0.0550. The highest BCUT2D eigenvalue weighted by Gasteiger charge is 2.28. The molecule has 2 heterocycles. The Labute approximate surface area is 117 Å². The van der Waals surface area contributed by atoms with E-state index in [2.05, 4.69) is 22.5 Å². The Hall–Kier alpha value is -0.360. The minimum Gasteiger partial charge on any atom is -0.345 e. The van der Waals surface area contributed by atoms with E-state index in [9.17, 15) is 4.79 Å². The van der Waals surface area contributed by atoms with Gasteiger partial charge in [0.25, 0.3) is 5.91 Å². The van der Waals surface area contributed by atoms with Crippen molar-refractivity contribution in [2.75, 3.05) is 13.1 Å². The summed E-state index contributed by atoms with van der Waals surface area (Å²) in [5.41, 5.74) is 2.13. The highest BCUT2D eigenvalue weighted by Crippen LogP contribution is 2.17. The summed E-state index contributed by atoms with van der Waals surface area (Å²) < 4.78 is 0. The molecule has 17 heavy (non-hydrogen) atoms. The van der Waals surface area contributed by atoms with Crippen LogP contribution in [0.1, 0.15) is 30.3 Å². The summed E-state index contributed by atoms with van der Waals surface area (Å²) in [5, 5.41) is 8.12. The molecule has 0 saturated carbocycles. The number of piperidine rings is 1. The van der Waals surface area contributed by atoms with Gasteiger partial charge in [0.1, 0.15) is 5.69 Å². The van der Waals surface area contributed by atoms with Gasteiger partial charge >= 0.3 is 0 Å². The number of rotatable bonds is 2. The molecule has 1 amide bonds. The van der Waals surface area contributed by atoms with E-state index >= 15 is 0 Å². The minimum absolute atomic E-state index is 0. The first kappa shape index (κ1) is 16.6. The summed E-state index contributed by atoms with van der Waals surface area (Å²) in [6.07, 6.45) is 1.95. The smallest absolute Gasteiger partial charge is 0.271 e. The first-order valence-corrected chi connectivity index (χ1v) is 6.05. The van der Waals surface area contributed by atoms with Gasteiger partial charge in [-0.05, 0) is 32.9 Å². The molecule has 1 fully saturated rings. The van der Waals surface area contributed by atoms with Crippen LogP contribution in [0.2, 0.25) is 0 Å². The summed E-state index contributed by atoms with van der Waals surface area (Å²) >= 11 is 1.44. The minimum atomic E-state index is -0.0774. The van der Waals surface area contributed by atoms with Crippen LogP contribution in [-0.4, -0.2) is 29.5 Å². The van der Waals surface area contributed by atoms with E-state index in [-0.39, 0.29) is 36.3 Å². The molecule has 0 aromatic carbocycles. The van der Waals surface area contributed by atoms with Crippen molar-refractivity contribution in [3.8, 4) is 0 Å². The van der Waals surface area contributed by atoms with Crippen LogP contribution >= 0.6 is 36.2 Å². The van der Waals surface area contributed by atoms with Crippen molar-refractivity contribution in [1.82, 2.24) is 15.6 Å². The summed E-state index contributed by atoms with van der Waals surface area (Å²) in [6, 6.07) is 0. The van der Waals surface area contributed by atoms with E-state index < -0.39 is 0 Å². The number of nitrogens with zero attached hydrogens (tertiary/aromatic N) is 1. The molecule has 7 heteroatoms. The van der Waals surface area contributed by atoms with E-state index in [0.29, 0.717) is 5.69 Å². The van der Waals surface area contributed by atoms with Gasteiger partial charge in [-0.3, -0.25) is 4.79 Å². The van der Waals surface area contributed by atoms with E-state index in [0.717, 1.165) is 25.9 Å². The molecule has 1 saturated heterocycles. The van der Waals surface area contributed by atoms with Crippen molar-refractivity contribution in [2.24, 2.45) is 0 Å². The van der Waals surface area contributed by atoms with Gasteiger partial charge in [-0.1, -0.05) is 0 Å². The van der Waals surface area contributed by atoms with Crippen LogP contribution in [0.3, 0.4) is 0 Å². The van der Waals surface area contributed by atoms with Crippen molar-refractivity contribution in [1.29, 1.82) is 0 Å². The van der Waals surface area contributed by atoms with E-state index in [1.807, 2.05) is 0 Å². The average molecular weight is 298 g/mol. The number of halogens is 2. The molecular weight excluding hydrogens is 281 g/mol. The summed E-state index contributed by atoms with van der Waals surface area (Å²) in [6.45, 7) is 4.03. The molecule has 98 valence electrons. The SMILES string of the molecule is CC1(NC(=O)c2cscn2)CCNCC1.Cl.Cl. The normalized spacial score (nSPS) is 17.5. The lowest BCUT2D eigenvalue weighted by molar-refractivity contribution is 0.0883. The van der Waals surface area contributed by atoms with Gasteiger partial charge in [0.15, 0.2) is 0 Å². The zero-order valence-electron chi connectivity index (χ0n) is 9.56. The highest BCUT2D eigenvalue weighted by molar-refractivity contribution is 7.07. The monoisotopic (exact) mass is 297 g/mol. The third-order valence-corrected chi connectivity index (χ3v) is 3.37. The van der Waals surface area contributed by atoms with Gasteiger partial charge in [0, 0.05) is 10.9 Å². The Kier molecular flexibility index (Phi) is 7.01. The lowest BCUT2D eigenvalue weighted by Gasteiger charge is -2.34. The Morgan fingerprint density at radius 2 is 2.12 bits per heavy atom. The van der Waals surface area contributed by atoms with Gasteiger partial charge in [0.05, 0.1) is 5.51 Å². The molecule has 1 aromatic rings. The second-order valence-corrected chi connectivity index (χ2v) is 4.86. The first-order valence-electron chi connectivity index (χ1n) is 5.11. The average Bonchev–Trinajstić information content (AvgIpc) is 2.70. The first-order chi connectivity index (χ1) is 7.20. The number of hydrogen-bond donors (Lipinski definition) is 2. The van der Waals surface area contributed by atoms with Crippen LogP contribution in [0.25, 0.3) is 0 Å². The number of carbonyl (C=O) groups is 1. The molecule has 0 atom stereocenters. The fourth-order valence-corrected chi connectivity index (χ4v) is 2.30. The number of aromatic nitrogens is 1. The molecule has 2 rings (SSSR count). The predicted molar refractivity (Wildman–Crippen MR) is 74.6 cm³/mol. The van der Waals surface area contributed by atoms with Gasteiger partial charge in [-0.15, -0.1) is 36.2 Å². The van der Waals surface area contributed by atoms with Crippen molar-refractivity contribution < 1.29 is 4.79 Å². The Bertz CT molecular complexity index is 339. The third kappa shape index (κ3) is 4.43. The molecule has 0 radical (unpaired) electrons. The molecule has 2 N–H and O–H groups in total. The van der Waals surface area contributed by atoms with E-state index in [1.54, 1.807) is 10.9 Å². The lowest BCUT2D eigenvalue weighted by Crippen LogP contribution is -2.52. The van der Waals surface area contributed by atoms with Crippen LogP contribution in [0.4, 0.5) is 0 Å². The molecule has 4 nitrogen and oxygen atoms in total. The fourth-order valence-electron chi connectivity index (χ4n) is 1.77. The maximum Gasteiger partial charge on any atom is 0.271 e. The van der Waals surface area contributed by atoms with Gasteiger partial charge < -0.3 is 10.6 Å². The Morgan fingerprint density at radius 3 is 2.65 bits per heavy atom. The summed E-state index contributed by atoms with van der Waals surface area (Å²) in [7, 11) is 0. The van der Waals surface area contributed by atoms with E-state index in [4.69, 9.17) is 0 Å². The quantitative estimate of drug-likeness (QED) is 0.876. The standard InChI is InChI=1S/C10H15N3OS.2ClH/c1-10(2-4-11-5-3-10)13-9(14)8-6-15-7-12-8;;/h6-7,11H,2-5H2,1H3,(H,13,14);2*1H. The number of hydrogen-bond acceptors (Lipinski definition) is 4. The van der Waals surface area contributed by atoms with E-state index in [1.165, 1.54) is 11.3 Å². The second kappa shape index (κ2) is 7.16. The zero-order valence-corrected chi connectivity index (χ0v) is 12.0. The van der Waals surface area contributed by atoms with Crippen molar-refractivity contribution >= 4 is 42.1 Å². The maximum atomic E-state index is 11.8. The number of thiazole rings is 1. The fraction of sp³-hybridized carbons (Fsp3) is 0.600. The topological polar surface area (TPSA) is 54.0 Å². The molecule has 1 aliphatic rings. The molecule has 1 aromatic heterocycles. The van der Waals surface area contributed by atoms with Crippen molar-refractivity contribution in [2.45, 2.75) is 25.3 Å². The number of amides is 1. The van der Waals surface area contributed by atoms with Gasteiger partial charge in [-0.25, -0.2) is 4.98 Å². The molecule has 0 spiro atoms. The predicted octanol–water partition coefficient (Wildman–Crippen LogP) is 1.86. The highest BCUT2D eigenvalue weighted by atomic mass is 35.5. The molecule has 0 bridgehead atoms. The maximum absolute atomic E-state index is 11.8. The van der Waals surface area contributed by atoms with Crippen molar-refractivity contribution in [3.05, 3.63) is 16.6 Å². The largest absolute Gasteiger partial charge is 0.345 e. The lowest BCUT2D eigenvalue weighted by atomic mass is 9.90. The van der Waals surface area contributed by atoms with Gasteiger partial charge in [-0.2, -0.15) is 0 Å². The van der Waals surface area contributed by atoms with Crippen molar-refractivity contribution in [3.63, 3.8) is 0 Å². The summed E-state index contributed by atoms with van der Waals surface area (Å²) in [4.78, 5) is 15.8. The van der Waals surface area contributed by atoms with Crippen LogP contribution in [-0.2, 0) is 0 Å². The van der Waals surface area contributed by atoms with Crippen LogP contribution in [0, 0.1) is 0 Å². The number of nitrogens with one attached hydrogen (secondary N) is 2. The number of carbonyl (C=O) groups excluding carboxylic acids is 1. The molecule has 0 aliphatic carbocycles. The second-order valence-electron chi connectivity index (χ2n) is 4.14.